The quantitative estimate of drug-likeness (QED) is 0.327. The van der Waals surface area contributed by atoms with Crippen LogP contribution in [-0.2, 0) is 35.1 Å². The lowest BCUT2D eigenvalue weighted by atomic mass is 10.1. The third-order valence-corrected chi connectivity index (χ3v) is 8.81. The number of carbonyl (C=O) groups excluding carboxylic acids is 2. The molecule has 1 aliphatic heterocycles. The second-order valence-electron chi connectivity index (χ2n) is 7.21. The topological polar surface area (TPSA) is 89.5 Å². The van der Waals surface area contributed by atoms with Crippen LogP contribution in [0.5, 0.6) is 0 Å². The maximum Gasteiger partial charge on any atom is 0.318 e. The molecule has 0 aliphatic carbocycles. The smallest absolute Gasteiger partial charge is 0.318 e. The van der Waals surface area contributed by atoms with E-state index in [9.17, 15) is 18.0 Å². The van der Waals surface area contributed by atoms with Crippen molar-refractivity contribution in [2.75, 3.05) is 12.5 Å². The van der Waals surface area contributed by atoms with Gasteiger partial charge in [-0.05, 0) is 48.5 Å². The Labute approximate surface area is 189 Å². The van der Waals surface area contributed by atoms with E-state index in [1.807, 2.05) is 48.5 Å². The zero-order valence-electron chi connectivity index (χ0n) is 17.1. The Morgan fingerprint density at radius 3 is 1.91 bits per heavy atom. The summed E-state index contributed by atoms with van der Waals surface area (Å²) in [4.78, 5) is 27.0. The van der Waals surface area contributed by atoms with E-state index in [4.69, 9.17) is 4.74 Å². The van der Waals surface area contributed by atoms with E-state index in [2.05, 4.69) is 29.6 Å². The van der Waals surface area contributed by atoms with Gasteiger partial charge in [0.25, 0.3) is 0 Å². The van der Waals surface area contributed by atoms with Crippen LogP contribution in [-0.4, -0.2) is 32.8 Å². The van der Waals surface area contributed by atoms with E-state index >= 15 is 0 Å². The van der Waals surface area contributed by atoms with Gasteiger partial charge in [0, 0.05) is 6.42 Å². The van der Waals surface area contributed by atoms with Gasteiger partial charge < -0.3 is 10.1 Å². The highest BCUT2D eigenvalue weighted by molar-refractivity contribution is 7.97. The Kier molecular flexibility index (Phi) is 6.62. The molecule has 3 aromatic rings. The molecule has 1 atom stereocenters. The Morgan fingerprint density at radius 2 is 1.41 bits per heavy atom. The Bertz CT molecular complexity index is 1160. The van der Waals surface area contributed by atoms with E-state index < -0.39 is 33.5 Å². The molecule has 1 amide bonds. The molecule has 8 heteroatoms. The molecule has 0 radical (unpaired) electrons. The van der Waals surface area contributed by atoms with Gasteiger partial charge >= 0.3 is 5.97 Å². The number of carbonyl (C=O) groups is 2. The molecule has 0 spiro atoms. The first-order chi connectivity index (χ1) is 15.5. The van der Waals surface area contributed by atoms with E-state index in [1.165, 1.54) is 0 Å². The highest BCUT2D eigenvalue weighted by Gasteiger charge is 2.34. The molecule has 1 fully saturated rings. The highest BCUT2D eigenvalue weighted by atomic mass is 32.2. The monoisotopic (exact) mass is 468 g/mol. The van der Waals surface area contributed by atoms with Crippen molar-refractivity contribution in [2.45, 2.75) is 26.0 Å². The van der Waals surface area contributed by atoms with E-state index in [1.54, 1.807) is 12.1 Å². The number of hydrogen-bond acceptors (Lipinski definition) is 5. The lowest BCUT2D eigenvalue weighted by Gasteiger charge is -2.10. The molecular weight excluding hydrogens is 446 g/mol. The third-order valence-electron chi connectivity index (χ3n) is 5.06. The molecule has 1 heterocycles. The van der Waals surface area contributed by atoms with Crippen molar-refractivity contribution < 1.29 is 22.7 Å². The molecule has 164 valence electrons. The van der Waals surface area contributed by atoms with Gasteiger partial charge in [-0.2, -0.15) is 0 Å². The first-order valence-corrected chi connectivity index (χ1v) is 12.9. The van der Waals surface area contributed by atoms with Crippen LogP contribution in [0, 0.1) is 5.92 Å². The number of esters is 1. The number of benzene rings is 3. The van der Waals surface area contributed by atoms with Crippen LogP contribution in [0.1, 0.15) is 6.42 Å². The molecule has 3 aromatic carbocycles. The third kappa shape index (κ3) is 4.87. The number of nitrogens with one attached hydrogen (secondary N) is 1. The van der Waals surface area contributed by atoms with E-state index in [0.717, 1.165) is 14.7 Å². The van der Waals surface area contributed by atoms with Crippen molar-refractivity contribution in [3.05, 3.63) is 84.9 Å². The summed E-state index contributed by atoms with van der Waals surface area (Å²) in [7, 11) is -4.14. The largest absolute Gasteiger partial charge is 0.465 e. The Morgan fingerprint density at radius 1 is 0.875 bits per heavy atom. The zero-order chi connectivity index (χ0) is 22.6. The summed E-state index contributed by atoms with van der Waals surface area (Å²) in [6.07, 6.45) is 0.265. The summed E-state index contributed by atoms with van der Waals surface area (Å²) >= 11 is 0. The predicted octanol–water partition coefficient (Wildman–Crippen LogP) is 3.19. The van der Waals surface area contributed by atoms with Crippen LogP contribution >= 0.6 is 0 Å². The van der Waals surface area contributed by atoms with Gasteiger partial charge in [0.2, 0.25) is 5.91 Å². The van der Waals surface area contributed by atoms with Gasteiger partial charge in [-0.15, -0.1) is 0 Å². The SMILES string of the molecule is O=C(NCS(=O)(=O)c1ccc([S+](c2ccccc2)c2ccccc2)cc1)C1CCOC1=O. The number of ether oxygens (including phenoxy) is 1. The predicted molar refractivity (Wildman–Crippen MR) is 121 cm³/mol. The zero-order valence-corrected chi connectivity index (χ0v) is 18.8. The maximum atomic E-state index is 12.7. The molecule has 0 bridgehead atoms. The van der Waals surface area contributed by atoms with Crippen LogP contribution in [0.25, 0.3) is 0 Å². The summed E-state index contributed by atoms with van der Waals surface area (Å²) in [5, 5.41) is 2.36. The average Bonchev–Trinajstić information content (AvgIpc) is 3.25. The van der Waals surface area contributed by atoms with Crippen LogP contribution in [0.15, 0.2) is 105 Å². The number of hydrogen-bond donors (Lipinski definition) is 1. The summed E-state index contributed by atoms with van der Waals surface area (Å²) in [6, 6.07) is 26.9. The fourth-order valence-electron chi connectivity index (χ4n) is 3.41. The van der Waals surface area contributed by atoms with Crippen LogP contribution in [0.4, 0.5) is 0 Å². The van der Waals surface area contributed by atoms with Crippen molar-refractivity contribution in [1.29, 1.82) is 0 Å². The van der Waals surface area contributed by atoms with Gasteiger partial charge in [0.15, 0.2) is 24.5 Å². The van der Waals surface area contributed by atoms with Gasteiger partial charge in [-0.1, -0.05) is 36.4 Å². The molecule has 0 saturated carbocycles. The summed E-state index contributed by atoms with van der Waals surface area (Å²) in [6.45, 7) is 0.176. The fourth-order valence-corrected chi connectivity index (χ4v) is 6.54. The summed E-state index contributed by atoms with van der Waals surface area (Å²) in [5.74, 6) is -2.75. The second-order valence-corrected chi connectivity index (χ2v) is 11.2. The molecule has 1 N–H and O–H groups in total. The van der Waals surface area contributed by atoms with Gasteiger partial charge in [-0.3, -0.25) is 9.59 Å². The number of amides is 1. The molecule has 6 nitrogen and oxygen atoms in total. The average molecular weight is 469 g/mol. The van der Waals surface area contributed by atoms with Gasteiger partial charge in [0.05, 0.1) is 22.4 Å². The summed E-state index contributed by atoms with van der Waals surface area (Å²) < 4.78 is 30.2. The number of rotatable bonds is 7. The minimum atomic E-state index is -3.76. The summed E-state index contributed by atoms with van der Waals surface area (Å²) in [5.41, 5.74) is 0. The lowest BCUT2D eigenvalue weighted by molar-refractivity contribution is -0.145. The van der Waals surface area contributed by atoms with Crippen molar-refractivity contribution in [3.8, 4) is 0 Å². The van der Waals surface area contributed by atoms with Crippen LogP contribution in [0.3, 0.4) is 0 Å². The molecule has 1 saturated heterocycles. The van der Waals surface area contributed by atoms with Crippen molar-refractivity contribution in [3.63, 3.8) is 0 Å². The van der Waals surface area contributed by atoms with Gasteiger partial charge in [-0.25, -0.2) is 8.42 Å². The van der Waals surface area contributed by atoms with Crippen LogP contribution in [0.2, 0.25) is 0 Å². The first kappa shape index (κ1) is 22.1. The normalized spacial score (nSPS) is 16.0. The standard InChI is InChI=1S/C24H21NO5S2/c26-23(22-15-16-30-24(22)27)25-17-32(28,29)21-13-11-20(12-14-21)31(18-7-3-1-4-8-18)19-9-5-2-6-10-19/h1-14,22H,15-17H2/p+1. The van der Waals surface area contributed by atoms with E-state index in [0.29, 0.717) is 0 Å². The van der Waals surface area contributed by atoms with Crippen molar-refractivity contribution >= 4 is 32.6 Å². The van der Waals surface area contributed by atoms with Gasteiger partial charge in [0.1, 0.15) is 11.8 Å². The van der Waals surface area contributed by atoms with E-state index in [-0.39, 0.29) is 28.8 Å². The number of cyclic esters (lactones) is 1. The van der Waals surface area contributed by atoms with Crippen LogP contribution < -0.4 is 5.32 Å². The molecular formula is C24H22NO5S2+. The molecule has 32 heavy (non-hydrogen) atoms. The Hall–Kier alpha value is -3.10. The molecule has 1 aliphatic rings. The molecule has 4 rings (SSSR count). The Balaban J connectivity index is 1.54. The maximum absolute atomic E-state index is 12.7. The minimum absolute atomic E-state index is 0.111. The highest BCUT2D eigenvalue weighted by Crippen LogP contribution is 2.31. The fraction of sp³-hybridized carbons (Fsp3) is 0.167. The van der Waals surface area contributed by atoms with Crippen molar-refractivity contribution in [1.82, 2.24) is 5.32 Å². The number of sulfone groups is 1. The molecule has 1 unspecified atom stereocenters. The molecule has 0 aromatic heterocycles. The lowest BCUT2D eigenvalue weighted by Crippen LogP contribution is -2.36. The second kappa shape index (κ2) is 9.58. The van der Waals surface area contributed by atoms with Crippen molar-refractivity contribution in [2.24, 2.45) is 5.92 Å². The minimum Gasteiger partial charge on any atom is -0.465 e. The first-order valence-electron chi connectivity index (χ1n) is 10.1.